The number of allylic oxidation sites excluding steroid dienone is 4. The summed E-state index contributed by atoms with van der Waals surface area (Å²) in [5.41, 5.74) is -0.637. The molecule has 0 spiro atoms. The number of hydrogen-bond donors (Lipinski definition) is 0. The van der Waals surface area contributed by atoms with Crippen LogP contribution in [0.1, 0.15) is 19.8 Å². The molecule has 15 heavy (non-hydrogen) atoms. The largest absolute Gasteiger partial charge is 0.295 e. The second kappa shape index (κ2) is 4.39. The molecule has 1 aliphatic carbocycles. The molecule has 80 valence electrons. The molecule has 0 amide bonds. The minimum Gasteiger partial charge on any atom is -0.295 e. The molecule has 0 unspecified atom stereocenters. The average molecular weight is 204 g/mol. The van der Waals surface area contributed by atoms with Gasteiger partial charge >= 0.3 is 0 Å². The van der Waals surface area contributed by atoms with E-state index in [4.69, 9.17) is 0 Å². The number of carbonyl (C=O) groups is 2. The average Bonchev–Trinajstić information content (AvgIpc) is 2.22. The summed E-state index contributed by atoms with van der Waals surface area (Å²) in [5, 5.41) is 0. The Morgan fingerprint density at radius 3 is 2.87 bits per heavy atom. The highest BCUT2D eigenvalue weighted by atomic mass is 16.1. The van der Waals surface area contributed by atoms with Crippen LogP contribution in [0, 0.1) is 11.3 Å². The standard InChI is InChI=1S/C13H16O2/c1-4-10-7-6-8-12(15)13(10,3)9-11(14)5-2/h4-6,8,10H,1-2,7,9H2,3H3/t10-,13+/m1/s1. The van der Waals surface area contributed by atoms with Crippen molar-refractivity contribution in [3.05, 3.63) is 37.5 Å². The van der Waals surface area contributed by atoms with Crippen LogP contribution in [0.3, 0.4) is 0 Å². The van der Waals surface area contributed by atoms with Crippen LogP contribution in [0.5, 0.6) is 0 Å². The molecule has 2 atom stereocenters. The lowest BCUT2D eigenvalue weighted by atomic mass is 9.66. The first kappa shape index (κ1) is 11.6. The number of carbonyl (C=O) groups excluding carboxylic acids is 2. The van der Waals surface area contributed by atoms with Crippen LogP contribution in [0.15, 0.2) is 37.5 Å². The van der Waals surface area contributed by atoms with E-state index in [1.165, 1.54) is 6.08 Å². The molecule has 0 radical (unpaired) electrons. The Balaban J connectivity index is 2.99. The zero-order chi connectivity index (χ0) is 11.5. The second-order valence-electron chi connectivity index (χ2n) is 4.11. The van der Waals surface area contributed by atoms with E-state index in [0.717, 1.165) is 6.42 Å². The highest BCUT2D eigenvalue weighted by molar-refractivity contribution is 6.01. The first-order valence-electron chi connectivity index (χ1n) is 5.03. The molecule has 2 nitrogen and oxygen atoms in total. The maximum absolute atomic E-state index is 11.8. The Morgan fingerprint density at radius 2 is 2.33 bits per heavy atom. The van der Waals surface area contributed by atoms with Crippen molar-refractivity contribution >= 4 is 11.6 Å². The van der Waals surface area contributed by atoms with Gasteiger partial charge in [-0.1, -0.05) is 25.7 Å². The number of ketones is 2. The van der Waals surface area contributed by atoms with E-state index in [-0.39, 0.29) is 23.9 Å². The summed E-state index contributed by atoms with van der Waals surface area (Å²) < 4.78 is 0. The van der Waals surface area contributed by atoms with Gasteiger partial charge in [-0.2, -0.15) is 0 Å². The van der Waals surface area contributed by atoms with E-state index >= 15 is 0 Å². The summed E-state index contributed by atoms with van der Waals surface area (Å²) in [5.74, 6) is -0.0410. The van der Waals surface area contributed by atoms with Gasteiger partial charge in [0.1, 0.15) is 0 Å². The molecule has 0 saturated carbocycles. The summed E-state index contributed by atoms with van der Waals surface area (Å²) in [6.07, 6.45) is 7.44. The lowest BCUT2D eigenvalue weighted by Crippen LogP contribution is -2.37. The minimum absolute atomic E-state index is 0.00819. The molecule has 0 bridgehead atoms. The van der Waals surface area contributed by atoms with Crippen LogP contribution in [0.2, 0.25) is 0 Å². The third kappa shape index (κ3) is 2.14. The van der Waals surface area contributed by atoms with Gasteiger partial charge in [-0.3, -0.25) is 9.59 Å². The van der Waals surface area contributed by atoms with Crippen molar-refractivity contribution in [1.82, 2.24) is 0 Å². The third-order valence-electron chi connectivity index (χ3n) is 3.09. The van der Waals surface area contributed by atoms with Crippen molar-refractivity contribution in [2.45, 2.75) is 19.8 Å². The molecule has 1 rings (SSSR count). The van der Waals surface area contributed by atoms with Crippen molar-refractivity contribution in [2.75, 3.05) is 0 Å². The van der Waals surface area contributed by atoms with Gasteiger partial charge in [0.2, 0.25) is 0 Å². The zero-order valence-corrected chi connectivity index (χ0v) is 9.03. The lowest BCUT2D eigenvalue weighted by molar-refractivity contribution is -0.130. The first-order valence-corrected chi connectivity index (χ1v) is 5.03. The Kier molecular flexibility index (Phi) is 3.40. The van der Waals surface area contributed by atoms with E-state index in [1.54, 1.807) is 12.2 Å². The SMILES string of the molecule is C=CC(=O)C[C@]1(C)C(=O)C=CC[C@H]1C=C. The zero-order valence-electron chi connectivity index (χ0n) is 9.03. The Labute approximate surface area is 90.4 Å². The van der Waals surface area contributed by atoms with Gasteiger partial charge in [-0.15, -0.1) is 6.58 Å². The molecule has 0 aromatic heterocycles. The molecule has 1 aliphatic rings. The van der Waals surface area contributed by atoms with Crippen LogP contribution in [-0.2, 0) is 9.59 Å². The third-order valence-corrected chi connectivity index (χ3v) is 3.09. The maximum Gasteiger partial charge on any atom is 0.162 e. The summed E-state index contributed by atoms with van der Waals surface area (Å²) >= 11 is 0. The second-order valence-corrected chi connectivity index (χ2v) is 4.11. The molecule has 0 saturated heterocycles. The van der Waals surface area contributed by atoms with Crippen LogP contribution >= 0.6 is 0 Å². The van der Waals surface area contributed by atoms with Gasteiger partial charge in [-0.05, 0) is 24.5 Å². The van der Waals surface area contributed by atoms with Crippen LogP contribution in [0.4, 0.5) is 0 Å². The van der Waals surface area contributed by atoms with Crippen molar-refractivity contribution in [3.63, 3.8) is 0 Å². The van der Waals surface area contributed by atoms with Gasteiger partial charge in [-0.25, -0.2) is 0 Å². The fraction of sp³-hybridized carbons (Fsp3) is 0.385. The van der Waals surface area contributed by atoms with Gasteiger partial charge in [0.25, 0.3) is 0 Å². The summed E-state index contributed by atoms with van der Waals surface area (Å²) in [6.45, 7) is 8.98. The van der Waals surface area contributed by atoms with Crippen LogP contribution < -0.4 is 0 Å². The number of hydrogen-bond acceptors (Lipinski definition) is 2. The quantitative estimate of drug-likeness (QED) is 0.520. The predicted octanol–water partition coefficient (Wildman–Crippen LogP) is 2.47. The van der Waals surface area contributed by atoms with Crippen molar-refractivity contribution in [2.24, 2.45) is 11.3 Å². The van der Waals surface area contributed by atoms with E-state index in [0.29, 0.717) is 0 Å². The summed E-state index contributed by atoms with van der Waals surface area (Å²) in [4.78, 5) is 23.2. The molecule has 0 aliphatic heterocycles. The molecular formula is C13H16O2. The van der Waals surface area contributed by atoms with E-state index < -0.39 is 5.41 Å². The highest BCUT2D eigenvalue weighted by Gasteiger charge is 2.40. The molecule has 0 aromatic rings. The van der Waals surface area contributed by atoms with Crippen molar-refractivity contribution in [3.8, 4) is 0 Å². The van der Waals surface area contributed by atoms with Crippen LogP contribution in [0.25, 0.3) is 0 Å². The molecule has 0 N–H and O–H groups in total. The molecule has 2 heteroatoms. The molecule has 0 fully saturated rings. The summed E-state index contributed by atoms with van der Waals surface area (Å²) in [7, 11) is 0. The highest BCUT2D eigenvalue weighted by Crippen LogP contribution is 2.39. The van der Waals surface area contributed by atoms with Crippen LogP contribution in [-0.4, -0.2) is 11.6 Å². The number of rotatable bonds is 4. The molecule has 0 heterocycles. The molecular weight excluding hydrogens is 188 g/mol. The Bertz CT molecular complexity index is 338. The normalized spacial score (nSPS) is 29.9. The lowest BCUT2D eigenvalue weighted by Gasteiger charge is -2.35. The fourth-order valence-corrected chi connectivity index (χ4v) is 1.96. The van der Waals surface area contributed by atoms with Crippen molar-refractivity contribution in [1.29, 1.82) is 0 Å². The Hall–Kier alpha value is -1.44. The smallest absolute Gasteiger partial charge is 0.162 e. The fourth-order valence-electron chi connectivity index (χ4n) is 1.96. The van der Waals surface area contributed by atoms with E-state index in [1.807, 2.05) is 13.0 Å². The first-order chi connectivity index (χ1) is 7.04. The topological polar surface area (TPSA) is 34.1 Å². The van der Waals surface area contributed by atoms with E-state index in [9.17, 15) is 9.59 Å². The predicted molar refractivity (Wildman–Crippen MR) is 60.4 cm³/mol. The van der Waals surface area contributed by atoms with Gasteiger partial charge < -0.3 is 0 Å². The van der Waals surface area contributed by atoms with Crippen molar-refractivity contribution < 1.29 is 9.59 Å². The van der Waals surface area contributed by atoms with Gasteiger partial charge in [0, 0.05) is 11.8 Å². The molecule has 0 aromatic carbocycles. The van der Waals surface area contributed by atoms with Gasteiger partial charge in [0.15, 0.2) is 11.6 Å². The van der Waals surface area contributed by atoms with Gasteiger partial charge in [0.05, 0.1) is 0 Å². The Morgan fingerprint density at radius 1 is 1.67 bits per heavy atom. The van der Waals surface area contributed by atoms with E-state index in [2.05, 4.69) is 13.2 Å². The maximum atomic E-state index is 11.8. The minimum atomic E-state index is -0.637. The summed E-state index contributed by atoms with van der Waals surface area (Å²) in [6, 6.07) is 0. The monoisotopic (exact) mass is 204 g/mol.